The quantitative estimate of drug-likeness (QED) is 0.586. The normalized spacial score (nSPS) is 15.8. The van der Waals surface area contributed by atoms with E-state index in [4.69, 9.17) is 4.74 Å². The number of benzene rings is 2. The number of fused-ring (bicyclic) bond motifs is 3. The molecule has 1 aromatic heterocycles. The lowest BCUT2D eigenvalue weighted by molar-refractivity contribution is -0.139. The second kappa shape index (κ2) is 8.93. The summed E-state index contributed by atoms with van der Waals surface area (Å²) in [5.74, 6) is 1.27. The van der Waals surface area contributed by atoms with E-state index in [9.17, 15) is 9.59 Å². The smallest absolute Gasteiger partial charge is 0.258 e. The molecule has 0 saturated heterocycles. The van der Waals surface area contributed by atoms with Gasteiger partial charge in [-0.1, -0.05) is 6.42 Å². The molecule has 0 unspecified atom stereocenters. The number of aromatic nitrogens is 1. The zero-order valence-electron chi connectivity index (χ0n) is 19.4. The standard InChI is InChI=1S/C27H31N3O3/c1-3-30(20-9-11-21(12-10-20)33-4-2)27(32)19-8-13-24-22(16-19)23-17-29(15-14-25(23)28-24)26(31)18-6-5-7-18/h8-13,16,18,28H,3-7,14-15,17H2,1-2H3. The molecule has 1 aliphatic carbocycles. The number of rotatable bonds is 6. The van der Waals surface area contributed by atoms with Crippen LogP contribution in [0.2, 0.25) is 0 Å². The summed E-state index contributed by atoms with van der Waals surface area (Å²) in [6.45, 7) is 6.50. The van der Waals surface area contributed by atoms with Crippen molar-refractivity contribution in [2.24, 2.45) is 5.92 Å². The van der Waals surface area contributed by atoms with Crippen molar-refractivity contribution >= 4 is 28.4 Å². The molecule has 172 valence electrons. The number of nitrogens with zero attached hydrogens (tertiary/aromatic N) is 2. The van der Waals surface area contributed by atoms with E-state index in [-0.39, 0.29) is 11.8 Å². The number of carbonyl (C=O) groups is 2. The zero-order valence-corrected chi connectivity index (χ0v) is 19.4. The Balaban J connectivity index is 1.41. The minimum atomic E-state index is -0.0308. The SMILES string of the molecule is CCOc1ccc(N(CC)C(=O)c2ccc3[nH]c4c(c3c2)CN(C(=O)C2CCC2)CC4)cc1. The van der Waals surface area contributed by atoms with Crippen LogP contribution in [-0.2, 0) is 17.8 Å². The minimum Gasteiger partial charge on any atom is -0.494 e. The van der Waals surface area contributed by atoms with Crippen molar-refractivity contribution < 1.29 is 14.3 Å². The van der Waals surface area contributed by atoms with Crippen LogP contribution < -0.4 is 9.64 Å². The predicted octanol–water partition coefficient (Wildman–Crippen LogP) is 4.92. The van der Waals surface area contributed by atoms with E-state index in [1.165, 1.54) is 5.69 Å². The number of H-pyrrole nitrogens is 1. The average Bonchev–Trinajstić information content (AvgIpc) is 3.16. The molecule has 0 radical (unpaired) electrons. The maximum absolute atomic E-state index is 13.4. The summed E-state index contributed by atoms with van der Waals surface area (Å²) in [4.78, 5) is 33.6. The molecule has 33 heavy (non-hydrogen) atoms. The summed E-state index contributed by atoms with van der Waals surface area (Å²) < 4.78 is 5.53. The van der Waals surface area contributed by atoms with Crippen molar-refractivity contribution in [1.82, 2.24) is 9.88 Å². The molecular weight excluding hydrogens is 414 g/mol. The molecule has 3 aromatic rings. The van der Waals surface area contributed by atoms with Crippen molar-refractivity contribution in [1.29, 1.82) is 0 Å². The monoisotopic (exact) mass is 445 g/mol. The van der Waals surface area contributed by atoms with Crippen LogP contribution in [0.3, 0.4) is 0 Å². The van der Waals surface area contributed by atoms with E-state index < -0.39 is 0 Å². The van der Waals surface area contributed by atoms with E-state index in [1.54, 1.807) is 4.90 Å². The molecule has 1 aliphatic heterocycles. The molecule has 6 nitrogen and oxygen atoms in total. The largest absolute Gasteiger partial charge is 0.494 e. The molecule has 0 spiro atoms. The number of hydrogen-bond acceptors (Lipinski definition) is 3. The zero-order chi connectivity index (χ0) is 22.9. The molecular formula is C27H31N3O3. The Kier molecular flexibility index (Phi) is 5.83. The summed E-state index contributed by atoms with van der Waals surface area (Å²) in [6, 6.07) is 13.5. The van der Waals surface area contributed by atoms with Crippen LogP contribution in [-0.4, -0.2) is 41.4 Å². The number of amides is 2. The number of anilines is 1. The van der Waals surface area contributed by atoms with Gasteiger partial charge in [0.1, 0.15) is 5.75 Å². The molecule has 0 bridgehead atoms. The molecule has 2 amide bonds. The Bertz CT molecular complexity index is 1180. The first kappa shape index (κ1) is 21.6. The summed E-state index contributed by atoms with van der Waals surface area (Å²) in [6.07, 6.45) is 4.04. The second-order valence-corrected chi connectivity index (χ2v) is 8.96. The van der Waals surface area contributed by atoms with Gasteiger partial charge in [0.15, 0.2) is 0 Å². The molecule has 2 aliphatic rings. The van der Waals surface area contributed by atoms with Crippen LogP contribution in [0.4, 0.5) is 5.69 Å². The van der Waals surface area contributed by atoms with Gasteiger partial charge in [0.2, 0.25) is 5.91 Å². The molecule has 1 saturated carbocycles. The number of nitrogens with one attached hydrogen (secondary N) is 1. The predicted molar refractivity (Wildman–Crippen MR) is 130 cm³/mol. The van der Waals surface area contributed by atoms with Crippen molar-refractivity contribution in [2.45, 2.75) is 46.1 Å². The van der Waals surface area contributed by atoms with Gasteiger partial charge in [-0.05, 0) is 69.2 Å². The molecule has 0 atom stereocenters. The van der Waals surface area contributed by atoms with E-state index in [1.807, 2.05) is 61.2 Å². The fourth-order valence-electron chi connectivity index (χ4n) is 4.94. The minimum absolute atomic E-state index is 0.0308. The highest BCUT2D eigenvalue weighted by atomic mass is 16.5. The summed E-state index contributed by atoms with van der Waals surface area (Å²) in [5.41, 5.74) is 4.87. The third-order valence-electron chi connectivity index (χ3n) is 7.01. The van der Waals surface area contributed by atoms with Crippen LogP contribution in [0, 0.1) is 5.92 Å². The summed E-state index contributed by atoms with van der Waals surface area (Å²) in [5, 5.41) is 1.05. The van der Waals surface area contributed by atoms with Crippen molar-refractivity contribution in [3.63, 3.8) is 0 Å². The van der Waals surface area contributed by atoms with Crippen molar-refractivity contribution in [3.05, 3.63) is 59.3 Å². The first-order chi connectivity index (χ1) is 16.1. The van der Waals surface area contributed by atoms with Crippen LogP contribution in [0.1, 0.15) is 54.7 Å². The topological polar surface area (TPSA) is 65.6 Å². The van der Waals surface area contributed by atoms with Crippen LogP contribution in [0.5, 0.6) is 5.75 Å². The lowest BCUT2D eigenvalue weighted by Crippen LogP contribution is -2.41. The summed E-state index contributed by atoms with van der Waals surface area (Å²) >= 11 is 0. The number of carbonyl (C=O) groups excluding carboxylic acids is 2. The highest BCUT2D eigenvalue weighted by Gasteiger charge is 2.32. The molecule has 1 N–H and O–H groups in total. The van der Waals surface area contributed by atoms with E-state index in [0.717, 1.165) is 60.1 Å². The lowest BCUT2D eigenvalue weighted by Gasteiger charge is -2.34. The Morgan fingerprint density at radius 2 is 1.91 bits per heavy atom. The lowest BCUT2D eigenvalue weighted by atomic mass is 9.84. The van der Waals surface area contributed by atoms with Crippen LogP contribution in [0.15, 0.2) is 42.5 Å². The summed E-state index contributed by atoms with van der Waals surface area (Å²) in [7, 11) is 0. The highest BCUT2D eigenvalue weighted by molar-refractivity contribution is 6.08. The van der Waals surface area contributed by atoms with Gasteiger partial charge in [-0.15, -0.1) is 0 Å². The molecule has 1 fully saturated rings. The maximum Gasteiger partial charge on any atom is 0.258 e. The van der Waals surface area contributed by atoms with Gasteiger partial charge in [-0.2, -0.15) is 0 Å². The van der Waals surface area contributed by atoms with Gasteiger partial charge in [-0.25, -0.2) is 0 Å². The van der Waals surface area contributed by atoms with Gasteiger partial charge >= 0.3 is 0 Å². The third kappa shape index (κ3) is 3.99. The van der Waals surface area contributed by atoms with Gasteiger partial charge in [-0.3, -0.25) is 9.59 Å². The van der Waals surface area contributed by atoms with E-state index >= 15 is 0 Å². The van der Waals surface area contributed by atoms with E-state index in [2.05, 4.69) is 4.98 Å². The maximum atomic E-state index is 13.4. The molecule has 6 heteroatoms. The van der Waals surface area contributed by atoms with Crippen molar-refractivity contribution in [3.8, 4) is 5.75 Å². The highest BCUT2D eigenvalue weighted by Crippen LogP contribution is 2.33. The van der Waals surface area contributed by atoms with Crippen LogP contribution in [0.25, 0.3) is 10.9 Å². The average molecular weight is 446 g/mol. The van der Waals surface area contributed by atoms with Gasteiger partial charge in [0.05, 0.1) is 6.61 Å². The first-order valence-corrected chi connectivity index (χ1v) is 12.1. The van der Waals surface area contributed by atoms with Gasteiger partial charge in [0, 0.05) is 65.4 Å². The molecule has 2 heterocycles. The van der Waals surface area contributed by atoms with Crippen molar-refractivity contribution in [2.75, 3.05) is 24.6 Å². The third-order valence-corrected chi connectivity index (χ3v) is 7.01. The fraction of sp³-hybridized carbons (Fsp3) is 0.407. The first-order valence-electron chi connectivity index (χ1n) is 12.1. The Hall–Kier alpha value is -3.28. The van der Waals surface area contributed by atoms with E-state index in [0.29, 0.717) is 31.2 Å². The Labute approximate surface area is 194 Å². The number of aromatic amines is 1. The Morgan fingerprint density at radius 1 is 1.12 bits per heavy atom. The Morgan fingerprint density at radius 3 is 2.58 bits per heavy atom. The van der Waals surface area contributed by atoms with Gasteiger partial charge in [0.25, 0.3) is 5.91 Å². The molecule has 2 aromatic carbocycles. The second-order valence-electron chi connectivity index (χ2n) is 8.96. The number of ether oxygens (including phenoxy) is 1. The fourth-order valence-corrected chi connectivity index (χ4v) is 4.94. The number of hydrogen-bond donors (Lipinski definition) is 1. The molecule has 5 rings (SSSR count). The van der Waals surface area contributed by atoms with Crippen LogP contribution >= 0.6 is 0 Å². The van der Waals surface area contributed by atoms with Gasteiger partial charge < -0.3 is 19.5 Å².